The maximum absolute atomic E-state index is 13.2. The maximum atomic E-state index is 13.2. The van der Waals surface area contributed by atoms with Crippen molar-refractivity contribution in [1.29, 1.82) is 0 Å². The van der Waals surface area contributed by atoms with Crippen LogP contribution in [0.1, 0.15) is 23.6 Å². The smallest absolute Gasteiger partial charge is 0.193 e. The standard InChI is InChI=1S/C17H20FN3/c1-3-13-5-4-6-15(10-13)21-17(19)20-11-14-7-8-16(18)12(2)9-14/h4-10H,3,11H2,1-2H3,(H3,19,20,21). The van der Waals surface area contributed by atoms with Gasteiger partial charge in [0.15, 0.2) is 5.96 Å². The van der Waals surface area contributed by atoms with Crippen molar-refractivity contribution in [1.82, 2.24) is 0 Å². The molecule has 2 aromatic carbocycles. The molecular weight excluding hydrogens is 265 g/mol. The number of nitrogens with one attached hydrogen (secondary N) is 1. The average molecular weight is 285 g/mol. The second kappa shape index (κ2) is 6.88. The first-order valence-corrected chi connectivity index (χ1v) is 6.99. The molecule has 0 saturated heterocycles. The van der Waals surface area contributed by atoms with E-state index in [2.05, 4.69) is 23.3 Å². The Morgan fingerprint density at radius 3 is 2.71 bits per heavy atom. The van der Waals surface area contributed by atoms with E-state index in [9.17, 15) is 4.39 Å². The lowest BCUT2D eigenvalue weighted by Gasteiger charge is -2.07. The summed E-state index contributed by atoms with van der Waals surface area (Å²) in [5.74, 6) is 0.149. The van der Waals surface area contributed by atoms with Crippen molar-refractivity contribution in [2.75, 3.05) is 5.32 Å². The van der Waals surface area contributed by atoms with Crippen LogP contribution in [0.5, 0.6) is 0 Å². The topological polar surface area (TPSA) is 50.4 Å². The number of anilines is 1. The molecule has 0 aliphatic rings. The first kappa shape index (κ1) is 15.0. The van der Waals surface area contributed by atoms with Gasteiger partial charge in [0, 0.05) is 5.69 Å². The molecule has 21 heavy (non-hydrogen) atoms. The van der Waals surface area contributed by atoms with Gasteiger partial charge < -0.3 is 11.1 Å². The van der Waals surface area contributed by atoms with E-state index in [1.165, 1.54) is 11.6 Å². The molecule has 2 aromatic rings. The van der Waals surface area contributed by atoms with Gasteiger partial charge in [0.2, 0.25) is 0 Å². The van der Waals surface area contributed by atoms with Crippen molar-refractivity contribution < 1.29 is 4.39 Å². The summed E-state index contributed by atoms with van der Waals surface area (Å²) in [6.45, 7) is 4.27. The van der Waals surface area contributed by atoms with E-state index in [1.807, 2.05) is 18.2 Å². The van der Waals surface area contributed by atoms with Gasteiger partial charge in [-0.1, -0.05) is 31.2 Å². The molecule has 0 radical (unpaired) electrons. The fraction of sp³-hybridized carbons (Fsp3) is 0.235. The zero-order valence-electron chi connectivity index (χ0n) is 12.4. The molecule has 0 heterocycles. The van der Waals surface area contributed by atoms with Crippen molar-refractivity contribution in [2.24, 2.45) is 10.7 Å². The summed E-state index contributed by atoms with van der Waals surface area (Å²) in [5.41, 5.74) is 9.58. The van der Waals surface area contributed by atoms with Crippen LogP contribution in [0.15, 0.2) is 47.5 Å². The molecule has 0 unspecified atom stereocenters. The molecule has 4 heteroatoms. The van der Waals surface area contributed by atoms with E-state index in [0.717, 1.165) is 17.7 Å². The predicted octanol–water partition coefficient (Wildman–Crippen LogP) is 3.62. The Balaban J connectivity index is 2.01. The second-order valence-electron chi connectivity index (χ2n) is 4.96. The molecule has 3 nitrogen and oxygen atoms in total. The average Bonchev–Trinajstić information content (AvgIpc) is 2.48. The van der Waals surface area contributed by atoms with E-state index in [4.69, 9.17) is 5.73 Å². The van der Waals surface area contributed by atoms with Crippen LogP contribution in [-0.4, -0.2) is 5.96 Å². The molecule has 0 saturated carbocycles. The molecule has 0 spiro atoms. The van der Waals surface area contributed by atoms with Crippen molar-refractivity contribution in [3.05, 3.63) is 65.0 Å². The molecule has 0 aromatic heterocycles. The lowest BCUT2D eigenvalue weighted by atomic mass is 10.1. The molecule has 3 N–H and O–H groups in total. The van der Waals surface area contributed by atoms with Crippen molar-refractivity contribution in [3.63, 3.8) is 0 Å². The quantitative estimate of drug-likeness (QED) is 0.666. The Morgan fingerprint density at radius 1 is 1.19 bits per heavy atom. The number of hydrogen-bond donors (Lipinski definition) is 2. The Labute approximate surface area is 124 Å². The normalized spacial score (nSPS) is 11.5. The van der Waals surface area contributed by atoms with Gasteiger partial charge in [0.05, 0.1) is 6.54 Å². The van der Waals surface area contributed by atoms with Gasteiger partial charge in [0.25, 0.3) is 0 Å². The van der Waals surface area contributed by atoms with Crippen molar-refractivity contribution in [2.45, 2.75) is 26.8 Å². The molecule has 2 rings (SSSR count). The molecule has 0 aliphatic carbocycles. The number of aliphatic imine (C=N–C) groups is 1. The molecule has 110 valence electrons. The van der Waals surface area contributed by atoms with Crippen LogP contribution in [0.4, 0.5) is 10.1 Å². The third-order valence-corrected chi connectivity index (χ3v) is 3.26. The number of nitrogens with two attached hydrogens (primary N) is 1. The molecule has 0 aliphatic heterocycles. The van der Waals surface area contributed by atoms with E-state index >= 15 is 0 Å². The minimum absolute atomic E-state index is 0.204. The molecule has 0 atom stereocenters. The zero-order valence-corrected chi connectivity index (χ0v) is 12.4. The molecular formula is C17H20FN3. The van der Waals surface area contributed by atoms with Gasteiger partial charge in [0.1, 0.15) is 5.82 Å². The number of rotatable bonds is 4. The number of hydrogen-bond acceptors (Lipinski definition) is 1. The SMILES string of the molecule is CCc1cccc(NC(N)=NCc2ccc(F)c(C)c2)c1. The third kappa shape index (κ3) is 4.31. The summed E-state index contributed by atoms with van der Waals surface area (Å²) < 4.78 is 13.2. The van der Waals surface area contributed by atoms with E-state index in [-0.39, 0.29) is 5.82 Å². The Kier molecular flexibility index (Phi) is 4.93. The van der Waals surface area contributed by atoms with E-state index in [0.29, 0.717) is 18.1 Å². The van der Waals surface area contributed by atoms with E-state index in [1.54, 1.807) is 19.1 Å². The van der Waals surface area contributed by atoms with Crippen molar-refractivity contribution in [3.8, 4) is 0 Å². The largest absolute Gasteiger partial charge is 0.370 e. The third-order valence-electron chi connectivity index (χ3n) is 3.26. The predicted molar refractivity (Wildman–Crippen MR) is 85.9 cm³/mol. The highest BCUT2D eigenvalue weighted by Crippen LogP contribution is 2.12. The van der Waals surface area contributed by atoms with E-state index < -0.39 is 0 Å². The minimum atomic E-state index is -0.204. The lowest BCUT2D eigenvalue weighted by Crippen LogP contribution is -2.22. The van der Waals surface area contributed by atoms with Crippen LogP contribution in [0.2, 0.25) is 0 Å². The first-order chi connectivity index (χ1) is 10.1. The van der Waals surface area contributed by atoms with Crippen LogP contribution < -0.4 is 11.1 Å². The summed E-state index contributed by atoms with van der Waals surface area (Å²) in [6, 6.07) is 13.0. The Morgan fingerprint density at radius 2 is 2.00 bits per heavy atom. The van der Waals surface area contributed by atoms with Gasteiger partial charge >= 0.3 is 0 Å². The highest BCUT2D eigenvalue weighted by atomic mass is 19.1. The Bertz CT molecular complexity index is 650. The summed E-state index contributed by atoms with van der Waals surface area (Å²) in [7, 11) is 0. The van der Waals surface area contributed by atoms with Crippen LogP contribution in [-0.2, 0) is 13.0 Å². The summed E-state index contributed by atoms with van der Waals surface area (Å²) >= 11 is 0. The maximum Gasteiger partial charge on any atom is 0.193 e. The van der Waals surface area contributed by atoms with Gasteiger partial charge in [-0.25, -0.2) is 9.38 Å². The van der Waals surface area contributed by atoms with Crippen LogP contribution >= 0.6 is 0 Å². The second-order valence-corrected chi connectivity index (χ2v) is 4.96. The summed E-state index contributed by atoms with van der Waals surface area (Å²) in [4.78, 5) is 4.28. The van der Waals surface area contributed by atoms with Crippen LogP contribution in [0.25, 0.3) is 0 Å². The first-order valence-electron chi connectivity index (χ1n) is 6.99. The fourth-order valence-corrected chi connectivity index (χ4v) is 2.04. The van der Waals surface area contributed by atoms with Gasteiger partial charge in [-0.3, -0.25) is 0 Å². The molecule has 0 bridgehead atoms. The minimum Gasteiger partial charge on any atom is -0.370 e. The molecule has 0 amide bonds. The highest BCUT2D eigenvalue weighted by molar-refractivity contribution is 5.92. The lowest BCUT2D eigenvalue weighted by molar-refractivity contribution is 0.617. The number of aryl methyl sites for hydroxylation is 2. The molecule has 0 fully saturated rings. The number of guanidine groups is 1. The number of nitrogens with zero attached hydrogens (tertiary/aromatic N) is 1. The number of benzene rings is 2. The monoisotopic (exact) mass is 285 g/mol. The highest BCUT2D eigenvalue weighted by Gasteiger charge is 2.00. The summed E-state index contributed by atoms with van der Waals surface area (Å²) in [5, 5.41) is 3.07. The van der Waals surface area contributed by atoms with Gasteiger partial charge in [-0.05, 0) is 48.2 Å². The van der Waals surface area contributed by atoms with Crippen LogP contribution in [0.3, 0.4) is 0 Å². The Hall–Kier alpha value is -2.36. The fourth-order valence-electron chi connectivity index (χ4n) is 2.04. The van der Waals surface area contributed by atoms with Gasteiger partial charge in [-0.2, -0.15) is 0 Å². The number of halogens is 1. The van der Waals surface area contributed by atoms with Gasteiger partial charge in [-0.15, -0.1) is 0 Å². The van der Waals surface area contributed by atoms with Crippen molar-refractivity contribution >= 4 is 11.6 Å². The zero-order chi connectivity index (χ0) is 15.2. The van der Waals surface area contributed by atoms with Crippen LogP contribution in [0, 0.1) is 12.7 Å². The summed E-state index contributed by atoms with van der Waals surface area (Å²) in [6.07, 6.45) is 0.974.